The highest BCUT2D eigenvalue weighted by molar-refractivity contribution is 7.80. The van der Waals surface area contributed by atoms with Crippen LogP contribution in [-0.4, -0.2) is 36.0 Å². The highest BCUT2D eigenvalue weighted by Gasteiger charge is 2.09. The number of carbonyl (C=O) groups is 1. The van der Waals surface area contributed by atoms with Gasteiger partial charge in [-0.15, -0.1) is 0 Å². The molecule has 3 N–H and O–H groups in total. The number of likely N-dealkylation sites (N-methyl/N-ethyl adjacent to an activating group) is 1. The third-order valence-corrected chi connectivity index (χ3v) is 2.61. The molecule has 1 aromatic rings. The Labute approximate surface area is 112 Å². The lowest BCUT2D eigenvalue weighted by Gasteiger charge is -2.18. The second-order valence-corrected chi connectivity index (χ2v) is 4.41. The molecule has 0 saturated carbocycles. The van der Waals surface area contributed by atoms with Crippen molar-refractivity contribution in [2.45, 2.75) is 13.3 Å². The highest BCUT2D eigenvalue weighted by Crippen LogP contribution is 2.10. The topological polar surface area (TPSA) is 71.2 Å². The van der Waals surface area contributed by atoms with Crippen molar-refractivity contribution in [2.75, 3.05) is 25.0 Å². The van der Waals surface area contributed by atoms with Crippen molar-refractivity contribution in [1.82, 2.24) is 10.3 Å². The monoisotopic (exact) mass is 266 g/mol. The minimum atomic E-state index is -0.0260. The first-order chi connectivity index (χ1) is 8.54. The molecule has 1 amide bonds. The van der Waals surface area contributed by atoms with Gasteiger partial charge in [-0.1, -0.05) is 19.1 Å². The number of carbonyl (C=O) groups excluding carboxylic acids is 1. The van der Waals surface area contributed by atoms with E-state index in [2.05, 4.69) is 10.3 Å². The third kappa shape index (κ3) is 4.29. The van der Waals surface area contributed by atoms with Gasteiger partial charge in [-0.2, -0.15) is 0 Å². The van der Waals surface area contributed by atoms with Crippen LogP contribution in [0, 0.1) is 0 Å². The summed E-state index contributed by atoms with van der Waals surface area (Å²) >= 11 is 4.91. The molecule has 0 atom stereocenters. The Bertz CT molecular complexity index is 436. The summed E-state index contributed by atoms with van der Waals surface area (Å²) in [4.78, 5) is 17.8. The molecule has 0 bridgehead atoms. The summed E-state index contributed by atoms with van der Waals surface area (Å²) in [6, 6.07) is 3.52. The largest absolute Gasteiger partial charge is 0.389 e. The molecule has 0 saturated heterocycles. The van der Waals surface area contributed by atoms with E-state index in [0.717, 1.165) is 12.0 Å². The number of aromatic nitrogens is 1. The van der Waals surface area contributed by atoms with Crippen molar-refractivity contribution in [3.8, 4) is 0 Å². The summed E-state index contributed by atoms with van der Waals surface area (Å²) in [7, 11) is 1.80. The number of nitrogens with two attached hydrogens (primary N) is 1. The molecule has 1 rings (SSSR count). The molecule has 0 radical (unpaired) electrons. The zero-order chi connectivity index (χ0) is 13.5. The molecule has 0 aliphatic carbocycles. The van der Waals surface area contributed by atoms with E-state index in [1.807, 2.05) is 6.92 Å². The lowest BCUT2D eigenvalue weighted by molar-refractivity contribution is -0.119. The summed E-state index contributed by atoms with van der Waals surface area (Å²) in [5, 5.41) is 2.81. The van der Waals surface area contributed by atoms with Gasteiger partial charge in [-0.3, -0.25) is 4.79 Å². The molecular weight excluding hydrogens is 248 g/mol. The highest BCUT2D eigenvalue weighted by atomic mass is 32.1. The fraction of sp³-hybridized carbons (Fsp3) is 0.417. The van der Waals surface area contributed by atoms with Gasteiger partial charge in [-0.05, 0) is 18.6 Å². The van der Waals surface area contributed by atoms with Crippen LogP contribution in [0.15, 0.2) is 18.3 Å². The maximum absolute atomic E-state index is 11.6. The van der Waals surface area contributed by atoms with Crippen LogP contribution in [-0.2, 0) is 4.79 Å². The number of nitrogens with one attached hydrogen (secondary N) is 1. The molecule has 5 nitrogen and oxygen atoms in total. The van der Waals surface area contributed by atoms with Gasteiger partial charge < -0.3 is 16.0 Å². The van der Waals surface area contributed by atoms with Crippen LogP contribution in [0.3, 0.4) is 0 Å². The number of amides is 1. The Morgan fingerprint density at radius 1 is 1.61 bits per heavy atom. The first-order valence-corrected chi connectivity index (χ1v) is 6.19. The molecule has 1 aromatic heterocycles. The maximum Gasteiger partial charge on any atom is 0.239 e. The Balaban J connectivity index is 2.66. The maximum atomic E-state index is 11.6. The molecule has 0 aromatic carbocycles. The fourth-order valence-corrected chi connectivity index (χ4v) is 1.52. The molecule has 0 spiro atoms. The zero-order valence-corrected chi connectivity index (χ0v) is 11.5. The van der Waals surface area contributed by atoms with Crippen LogP contribution >= 0.6 is 12.2 Å². The minimum absolute atomic E-state index is 0.0260. The molecule has 6 heteroatoms. The third-order valence-electron chi connectivity index (χ3n) is 2.37. The van der Waals surface area contributed by atoms with Crippen LogP contribution in [0.5, 0.6) is 0 Å². The van der Waals surface area contributed by atoms with Crippen LogP contribution in [0.4, 0.5) is 5.82 Å². The number of hydrogen-bond donors (Lipinski definition) is 2. The van der Waals surface area contributed by atoms with E-state index in [4.69, 9.17) is 18.0 Å². The summed E-state index contributed by atoms with van der Waals surface area (Å²) in [5.74, 6) is 0.647. The fourth-order valence-electron chi connectivity index (χ4n) is 1.40. The molecule has 0 unspecified atom stereocenters. The number of hydrogen-bond acceptors (Lipinski definition) is 4. The summed E-state index contributed by atoms with van der Waals surface area (Å²) < 4.78 is 0. The van der Waals surface area contributed by atoms with E-state index < -0.39 is 0 Å². The van der Waals surface area contributed by atoms with Gasteiger partial charge in [0.2, 0.25) is 5.91 Å². The van der Waals surface area contributed by atoms with Gasteiger partial charge in [0.15, 0.2) is 0 Å². The van der Waals surface area contributed by atoms with Gasteiger partial charge in [0, 0.05) is 25.4 Å². The number of nitrogens with zero attached hydrogens (tertiary/aromatic N) is 2. The lowest BCUT2D eigenvalue weighted by Crippen LogP contribution is -2.35. The second kappa shape index (κ2) is 6.90. The Morgan fingerprint density at radius 3 is 2.94 bits per heavy atom. The van der Waals surface area contributed by atoms with Crippen LogP contribution in [0.2, 0.25) is 0 Å². The van der Waals surface area contributed by atoms with Crippen molar-refractivity contribution in [2.24, 2.45) is 5.73 Å². The van der Waals surface area contributed by atoms with E-state index in [9.17, 15) is 4.79 Å². The Kier molecular flexibility index (Phi) is 5.51. The summed E-state index contributed by atoms with van der Waals surface area (Å²) in [5.41, 5.74) is 6.30. The second-order valence-electron chi connectivity index (χ2n) is 3.97. The lowest BCUT2D eigenvalue weighted by atomic mass is 10.2. The molecule has 0 aliphatic rings. The average molecular weight is 266 g/mol. The van der Waals surface area contributed by atoms with E-state index in [1.165, 1.54) is 0 Å². The first kappa shape index (κ1) is 14.4. The summed E-state index contributed by atoms with van der Waals surface area (Å²) in [6.07, 6.45) is 2.55. The minimum Gasteiger partial charge on any atom is -0.389 e. The quantitative estimate of drug-likeness (QED) is 0.741. The van der Waals surface area contributed by atoms with Crippen molar-refractivity contribution < 1.29 is 4.79 Å². The van der Waals surface area contributed by atoms with E-state index in [-0.39, 0.29) is 12.5 Å². The normalized spacial score (nSPS) is 9.89. The van der Waals surface area contributed by atoms with Crippen molar-refractivity contribution >= 4 is 28.9 Å². The number of anilines is 1. The van der Waals surface area contributed by atoms with Gasteiger partial charge in [0.05, 0.1) is 6.54 Å². The Morgan fingerprint density at radius 2 is 2.33 bits per heavy atom. The van der Waals surface area contributed by atoms with E-state index in [1.54, 1.807) is 30.3 Å². The van der Waals surface area contributed by atoms with Crippen molar-refractivity contribution in [3.05, 3.63) is 23.9 Å². The number of rotatable bonds is 6. The molecular formula is C12H18N4OS. The zero-order valence-electron chi connectivity index (χ0n) is 10.6. The SMILES string of the molecule is CCCNC(=O)CN(C)c1cc(C(N)=S)ccn1. The molecule has 1 heterocycles. The molecule has 98 valence electrons. The van der Waals surface area contributed by atoms with Crippen molar-refractivity contribution in [3.63, 3.8) is 0 Å². The number of thiocarbonyl (C=S) groups is 1. The van der Waals surface area contributed by atoms with Gasteiger partial charge >= 0.3 is 0 Å². The number of pyridine rings is 1. The Hall–Kier alpha value is -1.69. The first-order valence-electron chi connectivity index (χ1n) is 5.78. The smallest absolute Gasteiger partial charge is 0.239 e. The van der Waals surface area contributed by atoms with Gasteiger partial charge in [-0.25, -0.2) is 4.98 Å². The predicted octanol–water partition coefficient (Wildman–Crippen LogP) is 0.678. The summed E-state index contributed by atoms with van der Waals surface area (Å²) in [6.45, 7) is 2.96. The molecule has 18 heavy (non-hydrogen) atoms. The van der Waals surface area contributed by atoms with Crippen LogP contribution in [0.25, 0.3) is 0 Å². The predicted molar refractivity (Wildman–Crippen MR) is 76.7 cm³/mol. The van der Waals surface area contributed by atoms with Gasteiger partial charge in [0.25, 0.3) is 0 Å². The standard InChI is InChI=1S/C12H18N4OS/c1-3-5-15-11(17)8-16(2)10-7-9(12(13)18)4-6-14-10/h4,6-7H,3,5,8H2,1-2H3,(H2,13,18)(H,15,17). The van der Waals surface area contributed by atoms with E-state index >= 15 is 0 Å². The molecule has 0 aliphatic heterocycles. The van der Waals surface area contributed by atoms with Gasteiger partial charge in [0.1, 0.15) is 10.8 Å². The van der Waals surface area contributed by atoms with Crippen LogP contribution in [0.1, 0.15) is 18.9 Å². The van der Waals surface area contributed by atoms with Crippen molar-refractivity contribution in [1.29, 1.82) is 0 Å². The van der Waals surface area contributed by atoms with Crippen LogP contribution < -0.4 is 16.0 Å². The van der Waals surface area contributed by atoms with E-state index in [0.29, 0.717) is 17.4 Å². The average Bonchev–Trinajstić information content (AvgIpc) is 2.36. The molecule has 0 fully saturated rings.